The summed E-state index contributed by atoms with van der Waals surface area (Å²) in [5.74, 6) is 0. The summed E-state index contributed by atoms with van der Waals surface area (Å²) in [6.07, 6.45) is 13.5. The van der Waals surface area contributed by atoms with Gasteiger partial charge in [-0.15, -0.1) is 0 Å². The normalized spacial score (nSPS) is 13.0. The molecule has 3 rings (SSSR count). The average molecular weight is 345 g/mol. The summed E-state index contributed by atoms with van der Waals surface area (Å²) in [6, 6.07) is 2.09. The van der Waals surface area contributed by atoms with Crippen LogP contribution in [0, 0.1) is 6.92 Å². The first-order chi connectivity index (χ1) is 12.5. The first kappa shape index (κ1) is 17.5. The van der Waals surface area contributed by atoms with E-state index in [9.17, 15) is 0 Å². The van der Waals surface area contributed by atoms with Crippen molar-refractivity contribution in [2.75, 3.05) is 0 Å². The Morgan fingerprint density at radius 2 is 2.15 bits per heavy atom. The monoisotopic (exact) mass is 345 g/mol. The number of rotatable bonds is 5. The Morgan fingerprint density at radius 3 is 2.81 bits per heavy atom. The lowest BCUT2D eigenvalue weighted by Gasteiger charge is -1.95. The zero-order chi connectivity index (χ0) is 18.7. The number of nitrogens with zero attached hydrogens (tertiary/aromatic N) is 3. The highest BCUT2D eigenvalue weighted by Crippen LogP contribution is 2.19. The van der Waals surface area contributed by atoms with E-state index in [1.165, 1.54) is 0 Å². The highest BCUT2D eigenvalue weighted by Gasteiger charge is 2.10. The molecule has 0 aromatic carbocycles. The zero-order valence-electron chi connectivity index (χ0n) is 15.4. The van der Waals surface area contributed by atoms with Gasteiger partial charge in [-0.1, -0.05) is 37.5 Å². The van der Waals surface area contributed by atoms with Gasteiger partial charge in [0.1, 0.15) is 5.69 Å². The van der Waals surface area contributed by atoms with Gasteiger partial charge in [0.25, 0.3) is 0 Å². The largest absolute Gasteiger partial charge is 0.357 e. The van der Waals surface area contributed by atoms with Gasteiger partial charge in [0.2, 0.25) is 0 Å². The Kier molecular flexibility index (Phi) is 4.89. The van der Waals surface area contributed by atoms with E-state index in [-0.39, 0.29) is 0 Å². The van der Waals surface area contributed by atoms with E-state index in [1.807, 2.05) is 57.6 Å². The SMILES string of the molecule is C=C/C=C\c1cc(-c2n[nH]c(=C/C)/c2=C\C(=C)c2cnn(C)c2)[nH]c1C. The van der Waals surface area contributed by atoms with E-state index in [0.29, 0.717) is 0 Å². The molecule has 0 fully saturated rings. The minimum Gasteiger partial charge on any atom is -0.357 e. The molecular formula is C21H23N5. The van der Waals surface area contributed by atoms with Gasteiger partial charge in [0, 0.05) is 29.7 Å². The molecule has 0 radical (unpaired) electrons. The number of aromatic amines is 2. The number of aryl methyl sites for hydroxylation is 2. The lowest BCUT2D eigenvalue weighted by atomic mass is 10.1. The first-order valence-corrected chi connectivity index (χ1v) is 8.43. The van der Waals surface area contributed by atoms with Crippen LogP contribution in [0.15, 0.2) is 43.8 Å². The Bertz CT molecular complexity index is 1100. The molecule has 0 spiro atoms. The van der Waals surface area contributed by atoms with Gasteiger partial charge in [-0.3, -0.25) is 9.78 Å². The fourth-order valence-electron chi connectivity index (χ4n) is 2.83. The van der Waals surface area contributed by atoms with Crippen LogP contribution in [0.4, 0.5) is 0 Å². The van der Waals surface area contributed by atoms with Crippen LogP contribution in [-0.2, 0) is 7.05 Å². The number of allylic oxidation sites excluding steroid dienone is 3. The van der Waals surface area contributed by atoms with Crippen molar-refractivity contribution in [3.05, 3.63) is 71.2 Å². The van der Waals surface area contributed by atoms with Crippen molar-refractivity contribution < 1.29 is 0 Å². The molecule has 5 heteroatoms. The second kappa shape index (κ2) is 7.27. The smallest absolute Gasteiger partial charge is 0.116 e. The standard InChI is InChI=1S/C21H23N5/c1-6-8-9-16-11-20(23-15(16)4)21-18(19(7-2)24-25-21)10-14(3)17-12-22-26(5)13-17/h6-13,23-24H,1,3H2,2,4-5H3/b9-8-,18-10+,19-7+. The molecule has 0 aliphatic carbocycles. The molecule has 0 amide bonds. The molecule has 0 atom stereocenters. The van der Waals surface area contributed by atoms with Gasteiger partial charge in [-0.2, -0.15) is 10.2 Å². The van der Waals surface area contributed by atoms with E-state index >= 15 is 0 Å². The Labute approximate surface area is 152 Å². The number of hydrogen-bond donors (Lipinski definition) is 2. The quantitative estimate of drug-likeness (QED) is 0.699. The second-order valence-electron chi connectivity index (χ2n) is 6.12. The van der Waals surface area contributed by atoms with Gasteiger partial charge in [-0.25, -0.2) is 0 Å². The van der Waals surface area contributed by atoms with Crippen molar-refractivity contribution in [2.24, 2.45) is 7.05 Å². The maximum absolute atomic E-state index is 4.52. The van der Waals surface area contributed by atoms with Crippen LogP contribution in [0.5, 0.6) is 0 Å². The fourth-order valence-corrected chi connectivity index (χ4v) is 2.83. The third-order valence-corrected chi connectivity index (χ3v) is 4.24. The molecule has 3 aromatic heterocycles. The number of H-pyrrole nitrogens is 2. The Hall–Kier alpha value is -3.34. The molecule has 132 valence electrons. The molecule has 0 bridgehead atoms. The number of hydrogen-bond acceptors (Lipinski definition) is 2. The summed E-state index contributed by atoms with van der Waals surface area (Å²) in [7, 11) is 1.89. The molecule has 26 heavy (non-hydrogen) atoms. The molecule has 0 saturated heterocycles. The summed E-state index contributed by atoms with van der Waals surface area (Å²) >= 11 is 0. The highest BCUT2D eigenvalue weighted by molar-refractivity contribution is 5.87. The van der Waals surface area contributed by atoms with Crippen molar-refractivity contribution in [1.82, 2.24) is 25.0 Å². The van der Waals surface area contributed by atoms with E-state index < -0.39 is 0 Å². The van der Waals surface area contributed by atoms with Crippen molar-refractivity contribution in [3.8, 4) is 11.4 Å². The summed E-state index contributed by atoms with van der Waals surface area (Å²) in [5, 5.41) is 13.8. The van der Waals surface area contributed by atoms with Crippen LogP contribution in [0.25, 0.3) is 35.2 Å². The van der Waals surface area contributed by atoms with Gasteiger partial charge in [0.15, 0.2) is 0 Å². The topological polar surface area (TPSA) is 62.3 Å². The van der Waals surface area contributed by atoms with Crippen molar-refractivity contribution in [3.63, 3.8) is 0 Å². The van der Waals surface area contributed by atoms with Gasteiger partial charge < -0.3 is 4.98 Å². The third-order valence-electron chi connectivity index (χ3n) is 4.24. The molecule has 0 unspecified atom stereocenters. The molecule has 3 heterocycles. The van der Waals surface area contributed by atoms with E-state index in [2.05, 4.69) is 39.5 Å². The molecular weight excluding hydrogens is 322 g/mol. The number of aromatic nitrogens is 5. The molecule has 2 N–H and O–H groups in total. The van der Waals surface area contributed by atoms with E-state index in [4.69, 9.17) is 0 Å². The van der Waals surface area contributed by atoms with Gasteiger partial charge >= 0.3 is 0 Å². The Morgan fingerprint density at radius 1 is 1.35 bits per heavy atom. The first-order valence-electron chi connectivity index (χ1n) is 8.43. The predicted octanol–water partition coefficient (Wildman–Crippen LogP) is 2.94. The summed E-state index contributed by atoms with van der Waals surface area (Å²) in [4.78, 5) is 3.42. The summed E-state index contributed by atoms with van der Waals surface area (Å²) in [5.41, 5.74) is 5.89. The minimum absolute atomic E-state index is 0.865. The number of nitrogens with one attached hydrogen (secondary N) is 2. The van der Waals surface area contributed by atoms with Crippen LogP contribution < -0.4 is 10.6 Å². The molecule has 0 aliphatic rings. The third kappa shape index (κ3) is 3.37. The van der Waals surface area contributed by atoms with Crippen LogP contribution >= 0.6 is 0 Å². The molecule has 3 aromatic rings. The minimum atomic E-state index is 0.865. The van der Waals surface area contributed by atoms with Gasteiger partial charge in [-0.05, 0) is 37.1 Å². The summed E-state index contributed by atoms with van der Waals surface area (Å²) < 4.78 is 1.77. The molecule has 0 aliphatic heterocycles. The molecule has 0 saturated carbocycles. The average Bonchev–Trinajstić information content (AvgIpc) is 3.31. The van der Waals surface area contributed by atoms with Crippen LogP contribution in [0.1, 0.15) is 23.7 Å². The van der Waals surface area contributed by atoms with Crippen LogP contribution in [-0.4, -0.2) is 25.0 Å². The highest BCUT2D eigenvalue weighted by atomic mass is 15.2. The van der Waals surface area contributed by atoms with E-state index in [1.54, 1.807) is 10.8 Å². The Balaban J connectivity index is 2.12. The zero-order valence-corrected chi connectivity index (χ0v) is 15.4. The van der Waals surface area contributed by atoms with Crippen LogP contribution in [0.3, 0.4) is 0 Å². The lowest BCUT2D eigenvalue weighted by molar-refractivity contribution is 0.767. The maximum Gasteiger partial charge on any atom is 0.116 e. The summed E-state index contributed by atoms with van der Waals surface area (Å²) in [6.45, 7) is 11.9. The van der Waals surface area contributed by atoms with E-state index in [0.717, 1.165) is 44.3 Å². The van der Waals surface area contributed by atoms with Crippen LogP contribution in [0.2, 0.25) is 0 Å². The predicted molar refractivity (Wildman–Crippen MR) is 108 cm³/mol. The second-order valence-corrected chi connectivity index (χ2v) is 6.12. The van der Waals surface area contributed by atoms with Crippen molar-refractivity contribution >= 4 is 23.8 Å². The lowest BCUT2D eigenvalue weighted by Crippen LogP contribution is -2.23. The molecule has 5 nitrogen and oxygen atoms in total. The van der Waals surface area contributed by atoms with Crippen molar-refractivity contribution in [1.29, 1.82) is 0 Å². The maximum atomic E-state index is 4.52. The van der Waals surface area contributed by atoms with Crippen molar-refractivity contribution in [2.45, 2.75) is 13.8 Å². The fraction of sp³-hybridized carbons (Fsp3) is 0.143. The van der Waals surface area contributed by atoms with Gasteiger partial charge in [0.05, 0.1) is 17.2 Å².